The number of carbonyl (C=O) groups is 1. The first-order valence-corrected chi connectivity index (χ1v) is 8.49. The minimum Gasteiger partial charge on any atom is -0.444 e. The van der Waals surface area contributed by atoms with Crippen LogP contribution in [0.3, 0.4) is 0 Å². The summed E-state index contributed by atoms with van der Waals surface area (Å²) in [6.07, 6.45) is 0.288. The smallest absolute Gasteiger partial charge is 0.410 e. The molecule has 136 valence electrons. The highest BCUT2D eigenvalue weighted by molar-refractivity contribution is 5.68. The summed E-state index contributed by atoms with van der Waals surface area (Å²) in [5.74, 6) is -0.527. The number of carbonyl (C=O) groups excluding carboxylic acids is 1. The Labute approximate surface area is 148 Å². The second-order valence-corrected chi connectivity index (χ2v) is 7.45. The van der Waals surface area contributed by atoms with Crippen LogP contribution in [-0.2, 0) is 11.2 Å². The lowest BCUT2D eigenvalue weighted by Gasteiger charge is -2.38. The molecule has 0 unspecified atom stereocenters. The van der Waals surface area contributed by atoms with Crippen molar-refractivity contribution in [2.75, 3.05) is 19.7 Å². The lowest BCUT2D eigenvalue weighted by Crippen LogP contribution is -2.46. The zero-order chi connectivity index (χ0) is 18.6. The van der Waals surface area contributed by atoms with E-state index in [4.69, 9.17) is 10.00 Å². The number of hydrogen-bond acceptors (Lipinski definition) is 4. The minimum absolute atomic E-state index is 0.0141. The number of piperidine rings is 1. The van der Waals surface area contributed by atoms with Gasteiger partial charge in [0.2, 0.25) is 0 Å². The van der Waals surface area contributed by atoms with Crippen LogP contribution in [-0.4, -0.2) is 41.4 Å². The Morgan fingerprint density at radius 1 is 1.48 bits per heavy atom. The van der Waals surface area contributed by atoms with Crippen molar-refractivity contribution in [3.05, 3.63) is 35.1 Å². The first kappa shape index (κ1) is 19.2. The number of halogens is 1. The predicted molar refractivity (Wildman–Crippen MR) is 91.5 cm³/mol. The first-order valence-electron chi connectivity index (χ1n) is 8.49. The van der Waals surface area contributed by atoms with Crippen LogP contribution < -0.4 is 0 Å². The Bertz CT molecular complexity index is 664. The summed E-state index contributed by atoms with van der Waals surface area (Å²) in [7, 11) is 0. The molecular formula is C19H25FN2O3. The quantitative estimate of drug-likeness (QED) is 0.910. The molecule has 1 N–H and O–H groups in total. The van der Waals surface area contributed by atoms with E-state index in [1.165, 1.54) is 6.07 Å². The molecule has 0 aliphatic carbocycles. The van der Waals surface area contributed by atoms with E-state index in [1.54, 1.807) is 17.0 Å². The number of rotatable bonds is 3. The van der Waals surface area contributed by atoms with Crippen molar-refractivity contribution < 1.29 is 19.0 Å². The monoisotopic (exact) mass is 348 g/mol. The molecule has 1 fully saturated rings. The molecule has 6 heteroatoms. The maximum absolute atomic E-state index is 13.8. The van der Waals surface area contributed by atoms with Gasteiger partial charge < -0.3 is 14.7 Å². The van der Waals surface area contributed by atoms with Gasteiger partial charge in [-0.05, 0) is 44.7 Å². The van der Waals surface area contributed by atoms with Gasteiger partial charge >= 0.3 is 6.09 Å². The van der Waals surface area contributed by atoms with Crippen LogP contribution in [0.15, 0.2) is 18.2 Å². The highest BCUT2D eigenvalue weighted by atomic mass is 19.1. The van der Waals surface area contributed by atoms with E-state index in [1.807, 2.05) is 26.8 Å². The van der Waals surface area contributed by atoms with Gasteiger partial charge in [0, 0.05) is 31.2 Å². The van der Waals surface area contributed by atoms with Crippen molar-refractivity contribution >= 4 is 6.09 Å². The first-order chi connectivity index (χ1) is 11.7. The lowest BCUT2D eigenvalue weighted by molar-refractivity contribution is 0.0102. The molecule has 1 aliphatic heterocycles. The summed E-state index contributed by atoms with van der Waals surface area (Å²) < 4.78 is 19.2. The summed E-state index contributed by atoms with van der Waals surface area (Å²) >= 11 is 0. The average Bonchev–Trinajstić information content (AvgIpc) is 2.55. The normalized spacial score (nSPS) is 20.9. The zero-order valence-electron chi connectivity index (χ0n) is 15.0. The molecule has 1 amide bonds. The van der Waals surface area contributed by atoms with E-state index in [-0.39, 0.29) is 31.0 Å². The van der Waals surface area contributed by atoms with Crippen LogP contribution in [0.25, 0.3) is 0 Å². The van der Waals surface area contributed by atoms with E-state index in [0.29, 0.717) is 25.1 Å². The Morgan fingerprint density at radius 2 is 2.20 bits per heavy atom. The van der Waals surface area contributed by atoms with Crippen LogP contribution in [0, 0.1) is 23.1 Å². The van der Waals surface area contributed by atoms with Crippen molar-refractivity contribution in [1.82, 2.24) is 4.90 Å². The molecule has 1 aromatic carbocycles. The Hall–Kier alpha value is -2.13. The molecule has 0 saturated carbocycles. The lowest BCUT2D eigenvalue weighted by atomic mass is 9.80. The molecular weight excluding hydrogens is 323 g/mol. The fourth-order valence-electron chi connectivity index (χ4n) is 3.19. The number of nitrogens with zero attached hydrogens (tertiary/aromatic N) is 2. The summed E-state index contributed by atoms with van der Waals surface area (Å²) in [5.41, 5.74) is 0.701. The van der Waals surface area contributed by atoms with Crippen LogP contribution >= 0.6 is 0 Å². The van der Waals surface area contributed by atoms with E-state index >= 15 is 0 Å². The maximum atomic E-state index is 13.8. The van der Waals surface area contributed by atoms with Crippen LogP contribution in [0.5, 0.6) is 0 Å². The fraction of sp³-hybridized carbons (Fsp3) is 0.579. The van der Waals surface area contributed by atoms with E-state index in [2.05, 4.69) is 0 Å². The fourth-order valence-corrected chi connectivity index (χ4v) is 3.19. The van der Waals surface area contributed by atoms with E-state index in [9.17, 15) is 14.3 Å². The summed E-state index contributed by atoms with van der Waals surface area (Å²) in [6.45, 7) is 6.28. The van der Waals surface area contributed by atoms with Gasteiger partial charge in [0.25, 0.3) is 0 Å². The number of hydrogen-bond donors (Lipinski definition) is 1. The standard InChI is InChI=1S/C19H25FN2O3/c1-19(2,3)25-18(24)22-9-7-16(15(11-22)12-23)13-4-5-17(20)14(10-13)6-8-21/h4-5,10,15-16,23H,6-7,9,11-12H2,1-3H3/t15-,16+/m1/s1. The number of aliphatic hydroxyl groups excluding tert-OH is 1. The molecule has 1 heterocycles. The van der Waals surface area contributed by atoms with Crippen molar-refractivity contribution in [1.29, 1.82) is 5.26 Å². The maximum Gasteiger partial charge on any atom is 0.410 e. The van der Waals surface area contributed by atoms with Gasteiger partial charge in [-0.25, -0.2) is 9.18 Å². The third-order valence-electron chi connectivity index (χ3n) is 4.39. The highest BCUT2D eigenvalue weighted by Gasteiger charge is 2.34. The third kappa shape index (κ3) is 4.93. The molecule has 5 nitrogen and oxygen atoms in total. The summed E-state index contributed by atoms with van der Waals surface area (Å²) in [5, 5.41) is 18.6. The third-order valence-corrected chi connectivity index (χ3v) is 4.39. The second kappa shape index (κ2) is 7.83. The van der Waals surface area contributed by atoms with Gasteiger partial charge in [-0.1, -0.05) is 12.1 Å². The molecule has 0 radical (unpaired) electrons. The van der Waals surface area contributed by atoms with Crippen LogP contribution in [0.4, 0.5) is 9.18 Å². The van der Waals surface area contributed by atoms with E-state index in [0.717, 1.165) is 5.56 Å². The van der Waals surface area contributed by atoms with Gasteiger partial charge in [0.1, 0.15) is 11.4 Å². The number of amides is 1. The highest BCUT2D eigenvalue weighted by Crippen LogP contribution is 2.34. The number of nitriles is 1. The van der Waals surface area contributed by atoms with Crippen LogP contribution in [0.2, 0.25) is 0 Å². The molecule has 0 spiro atoms. The number of ether oxygens (including phenoxy) is 1. The Balaban J connectivity index is 2.14. The van der Waals surface area contributed by atoms with Gasteiger partial charge in [0.05, 0.1) is 12.5 Å². The zero-order valence-corrected chi connectivity index (χ0v) is 15.0. The number of aliphatic hydroxyl groups is 1. The summed E-state index contributed by atoms with van der Waals surface area (Å²) in [4.78, 5) is 13.9. The van der Waals surface area contributed by atoms with E-state index < -0.39 is 11.4 Å². The number of benzene rings is 1. The second-order valence-electron chi connectivity index (χ2n) is 7.45. The molecule has 2 rings (SSSR count). The van der Waals surface area contributed by atoms with Gasteiger partial charge in [-0.15, -0.1) is 0 Å². The minimum atomic E-state index is -0.564. The Morgan fingerprint density at radius 3 is 2.80 bits per heavy atom. The topological polar surface area (TPSA) is 73.6 Å². The van der Waals surface area contributed by atoms with Gasteiger partial charge in [-0.2, -0.15) is 5.26 Å². The summed E-state index contributed by atoms with van der Waals surface area (Å²) in [6, 6.07) is 6.74. The van der Waals surface area contributed by atoms with Crippen molar-refractivity contribution in [2.45, 2.75) is 45.1 Å². The Kier molecular flexibility index (Phi) is 6.02. The van der Waals surface area contributed by atoms with Crippen molar-refractivity contribution in [3.8, 4) is 6.07 Å². The van der Waals surface area contributed by atoms with Gasteiger partial charge in [-0.3, -0.25) is 0 Å². The molecule has 0 aromatic heterocycles. The van der Waals surface area contributed by atoms with Gasteiger partial charge in [0.15, 0.2) is 0 Å². The van der Waals surface area contributed by atoms with Crippen molar-refractivity contribution in [3.63, 3.8) is 0 Å². The van der Waals surface area contributed by atoms with Crippen molar-refractivity contribution in [2.24, 2.45) is 5.92 Å². The molecule has 1 saturated heterocycles. The largest absolute Gasteiger partial charge is 0.444 e. The van der Waals surface area contributed by atoms with Crippen LogP contribution in [0.1, 0.15) is 44.2 Å². The molecule has 1 aromatic rings. The number of likely N-dealkylation sites (tertiary alicyclic amines) is 1. The molecule has 25 heavy (non-hydrogen) atoms. The SMILES string of the molecule is CC(C)(C)OC(=O)N1CC[C@@H](c2ccc(F)c(CC#N)c2)[C@@H](CO)C1. The molecule has 0 bridgehead atoms. The molecule has 1 aliphatic rings. The average molecular weight is 348 g/mol. The predicted octanol–water partition coefficient (Wildman–Crippen LogP) is 3.22. The molecule has 2 atom stereocenters.